The van der Waals surface area contributed by atoms with Crippen LogP contribution in [0.2, 0.25) is 5.02 Å². The van der Waals surface area contributed by atoms with Crippen molar-refractivity contribution in [2.75, 3.05) is 6.61 Å². The Kier molecular flexibility index (Phi) is 5.55. The van der Waals surface area contributed by atoms with Crippen LogP contribution in [0.5, 0.6) is 5.88 Å². The molecule has 0 fully saturated rings. The predicted octanol–water partition coefficient (Wildman–Crippen LogP) is 3.64. The maximum absolute atomic E-state index is 6.28. The maximum Gasteiger partial charge on any atom is 0.232 e. The fraction of sp³-hybridized carbons (Fsp3) is 0.471. The summed E-state index contributed by atoms with van der Waals surface area (Å²) in [5, 5.41) is 0.470. The van der Waals surface area contributed by atoms with E-state index >= 15 is 0 Å². The smallest absolute Gasteiger partial charge is 0.232 e. The number of rotatable bonds is 6. The van der Waals surface area contributed by atoms with Gasteiger partial charge in [-0.15, -0.1) is 0 Å². The van der Waals surface area contributed by atoms with E-state index in [4.69, 9.17) is 22.1 Å². The minimum absolute atomic E-state index is 0.214. The van der Waals surface area contributed by atoms with E-state index in [-0.39, 0.29) is 5.54 Å². The van der Waals surface area contributed by atoms with Gasteiger partial charge in [-0.25, -0.2) is 15.0 Å². The van der Waals surface area contributed by atoms with Crippen LogP contribution in [0.25, 0.3) is 11.3 Å². The minimum Gasteiger partial charge on any atom is -0.476 e. The summed E-state index contributed by atoms with van der Waals surface area (Å²) in [5.74, 6) is 1.46. The number of nitrogens with two attached hydrogens (primary N) is 1. The Morgan fingerprint density at radius 1 is 1.35 bits per heavy atom. The quantitative estimate of drug-likeness (QED) is 0.872. The highest BCUT2D eigenvalue weighted by atomic mass is 35.5. The Hall–Kier alpha value is -1.72. The first kappa shape index (κ1) is 17.6. The molecular formula is C17H23ClN4O. The lowest BCUT2D eigenvalue weighted by atomic mass is 9.93. The number of aryl methyl sites for hydroxylation is 1. The van der Waals surface area contributed by atoms with E-state index in [1.165, 1.54) is 0 Å². The number of hydrogen-bond donors (Lipinski definition) is 1. The van der Waals surface area contributed by atoms with Gasteiger partial charge in [-0.3, -0.25) is 0 Å². The largest absolute Gasteiger partial charge is 0.476 e. The summed E-state index contributed by atoms with van der Waals surface area (Å²) in [5.41, 5.74) is 7.43. The average Bonchev–Trinajstić information content (AvgIpc) is 2.44. The van der Waals surface area contributed by atoms with Crippen molar-refractivity contribution in [3.63, 3.8) is 0 Å². The van der Waals surface area contributed by atoms with Gasteiger partial charge in [-0.2, -0.15) is 0 Å². The highest BCUT2D eigenvalue weighted by Crippen LogP contribution is 2.27. The molecule has 2 aromatic rings. The highest BCUT2D eigenvalue weighted by molar-refractivity contribution is 6.32. The molecule has 0 aliphatic heterocycles. The van der Waals surface area contributed by atoms with Gasteiger partial charge in [0.25, 0.3) is 0 Å². The molecule has 2 aromatic heterocycles. The molecule has 1 atom stereocenters. The van der Waals surface area contributed by atoms with Gasteiger partial charge in [0.1, 0.15) is 10.8 Å². The molecule has 0 radical (unpaired) electrons. The third-order valence-electron chi connectivity index (χ3n) is 3.26. The van der Waals surface area contributed by atoms with Crippen LogP contribution in [0.15, 0.2) is 24.5 Å². The van der Waals surface area contributed by atoms with Crippen LogP contribution in [0.4, 0.5) is 0 Å². The number of halogens is 1. The third-order valence-corrected chi connectivity index (χ3v) is 3.53. The van der Waals surface area contributed by atoms with Crippen LogP contribution in [0.1, 0.15) is 33.0 Å². The molecule has 124 valence electrons. The van der Waals surface area contributed by atoms with Gasteiger partial charge in [0, 0.05) is 23.5 Å². The van der Waals surface area contributed by atoms with Crippen LogP contribution in [0, 0.1) is 12.8 Å². The van der Waals surface area contributed by atoms with Crippen molar-refractivity contribution >= 4 is 11.6 Å². The van der Waals surface area contributed by atoms with Gasteiger partial charge < -0.3 is 10.5 Å². The van der Waals surface area contributed by atoms with Gasteiger partial charge in [-0.05, 0) is 45.2 Å². The molecule has 0 saturated carbocycles. The summed E-state index contributed by atoms with van der Waals surface area (Å²) in [7, 11) is 0. The summed E-state index contributed by atoms with van der Waals surface area (Å²) >= 11 is 6.28. The fourth-order valence-electron chi connectivity index (χ4n) is 2.47. The zero-order valence-electron chi connectivity index (χ0n) is 14.0. The van der Waals surface area contributed by atoms with Crippen LogP contribution < -0.4 is 10.5 Å². The van der Waals surface area contributed by atoms with E-state index in [9.17, 15) is 0 Å². The van der Waals surface area contributed by atoms with Crippen LogP contribution in [-0.4, -0.2) is 27.1 Å². The first-order valence-corrected chi connectivity index (χ1v) is 7.99. The van der Waals surface area contributed by atoms with Crippen molar-refractivity contribution in [3.05, 3.63) is 35.4 Å². The maximum atomic E-state index is 6.28. The average molecular weight is 335 g/mol. The second-order valence-electron chi connectivity index (χ2n) is 6.61. The van der Waals surface area contributed by atoms with Crippen LogP contribution in [0.3, 0.4) is 0 Å². The molecule has 23 heavy (non-hydrogen) atoms. The number of ether oxygens (including phenoxy) is 1. The third kappa shape index (κ3) is 5.44. The summed E-state index contributed by atoms with van der Waals surface area (Å²) in [6.45, 7) is 8.48. The molecule has 0 saturated heterocycles. The second-order valence-corrected chi connectivity index (χ2v) is 7.02. The molecule has 6 heteroatoms. The van der Waals surface area contributed by atoms with Crippen molar-refractivity contribution in [1.82, 2.24) is 15.0 Å². The Bertz CT molecular complexity index is 670. The van der Waals surface area contributed by atoms with Crippen molar-refractivity contribution in [2.24, 2.45) is 11.7 Å². The summed E-state index contributed by atoms with van der Waals surface area (Å²) in [6.07, 6.45) is 4.29. The van der Waals surface area contributed by atoms with Crippen LogP contribution in [-0.2, 0) is 0 Å². The minimum atomic E-state index is -0.214. The number of pyridine rings is 1. The molecule has 0 bridgehead atoms. The Balaban J connectivity index is 2.05. The molecule has 0 amide bonds. The standard InChI is InChI=1S/C17H23ClN4O/c1-11(8-17(3,4)19)10-23-16-14(18)7-13(9-21-16)15-5-6-20-12(2)22-15/h5-7,9,11H,8,10,19H2,1-4H3. The van der Waals surface area contributed by atoms with E-state index in [1.807, 2.05) is 32.9 Å². The van der Waals surface area contributed by atoms with E-state index < -0.39 is 0 Å². The normalized spacial score (nSPS) is 13.0. The summed E-state index contributed by atoms with van der Waals surface area (Å²) in [6, 6.07) is 3.63. The molecule has 0 aliphatic carbocycles. The molecule has 2 rings (SSSR count). The lowest BCUT2D eigenvalue weighted by Crippen LogP contribution is -2.35. The molecule has 5 nitrogen and oxygen atoms in total. The Morgan fingerprint density at radius 3 is 2.70 bits per heavy atom. The van der Waals surface area contributed by atoms with Crippen molar-refractivity contribution in [1.29, 1.82) is 0 Å². The van der Waals surface area contributed by atoms with Crippen LogP contribution >= 0.6 is 11.6 Å². The second kappa shape index (κ2) is 7.23. The number of aromatic nitrogens is 3. The molecule has 2 N–H and O–H groups in total. The lowest BCUT2D eigenvalue weighted by molar-refractivity contribution is 0.223. The Labute approximate surface area is 142 Å². The SMILES string of the molecule is Cc1nccc(-c2cnc(OCC(C)CC(C)(C)N)c(Cl)c2)n1. The fourth-order valence-corrected chi connectivity index (χ4v) is 2.69. The zero-order valence-corrected chi connectivity index (χ0v) is 14.8. The first-order chi connectivity index (χ1) is 10.7. The van der Waals surface area contributed by atoms with Gasteiger partial charge in [0.2, 0.25) is 5.88 Å². The molecule has 0 aromatic carbocycles. The van der Waals surface area contributed by atoms with E-state index in [1.54, 1.807) is 12.4 Å². The van der Waals surface area contributed by atoms with E-state index in [0.29, 0.717) is 29.3 Å². The number of nitrogens with zero attached hydrogens (tertiary/aromatic N) is 3. The monoisotopic (exact) mass is 334 g/mol. The molecule has 1 unspecified atom stereocenters. The molecular weight excluding hydrogens is 312 g/mol. The number of hydrogen-bond acceptors (Lipinski definition) is 5. The van der Waals surface area contributed by atoms with Crippen molar-refractivity contribution < 1.29 is 4.74 Å². The summed E-state index contributed by atoms with van der Waals surface area (Å²) in [4.78, 5) is 12.8. The Morgan fingerprint density at radius 2 is 2.09 bits per heavy atom. The highest BCUT2D eigenvalue weighted by Gasteiger charge is 2.17. The molecule has 2 heterocycles. The molecule has 0 aliphatic rings. The van der Waals surface area contributed by atoms with Gasteiger partial charge in [0.05, 0.1) is 12.3 Å². The van der Waals surface area contributed by atoms with Crippen molar-refractivity contribution in [2.45, 2.75) is 39.7 Å². The summed E-state index contributed by atoms with van der Waals surface area (Å²) < 4.78 is 5.73. The van der Waals surface area contributed by atoms with E-state index in [0.717, 1.165) is 17.7 Å². The van der Waals surface area contributed by atoms with E-state index in [2.05, 4.69) is 21.9 Å². The van der Waals surface area contributed by atoms with Crippen molar-refractivity contribution in [3.8, 4) is 17.1 Å². The topological polar surface area (TPSA) is 73.9 Å². The first-order valence-electron chi connectivity index (χ1n) is 7.62. The zero-order chi connectivity index (χ0) is 17.0. The molecule has 0 spiro atoms. The van der Waals surface area contributed by atoms with Gasteiger partial charge >= 0.3 is 0 Å². The predicted molar refractivity (Wildman–Crippen MR) is 92.6 cm³/mol. The van der Waals surface area contributed by atoms with Gasteiger partial charge in [-0.1, -0.05) is 18.5 Å². The van der Waals surface area contributed by atoms with Gasteiger partial charge in [0.15, 0.2) is 0 Å². The lowest BCUT2D eigenvalue weighted by Gasteiger charge is -2.23.